The molecule has 1 aliphatic rings. The maximum Gasteiger partial charge on any atom is 0.159 e. The van der Waals surface area contributed by atoms with Gasteiger partial charge < -0.3 is 0 Å². The number of hydrogen-bond acceptors (Lipinski definition) is 2. The number of nitriles is 1. The maximum absolute atomic E-state index is 14.1. The summed E-state index contributed by atoms with van der Waals surface area (Å²) in [5.74, 6) is -1.52. The van der Waals surface area contributed by atoms with E-state index in [9.17, 15) is 14.0 Å². The molecule has 0 heterocycles. The molecule has 0 aromatic heterocycles. The van der Waals surface area contributed by atoms with Crippen molar-refractivity contribution in [2.75, 3.05) is 6.54 Å². The van der Waals surface area contributed by atoms with E-state index in [2.05, 4.69) is 49.1 Å². The second-order valence-electron chi connectivity index (χ2n) is 8.63. The zero-order valence-corrected chi connectivity index (χ0v) is 18.1. The van der Waals surface area contributed by atoms with E-state index in [1.807, 2.05) is 6.07 Å². The minimum atomic E-state index is -0.863. The highest BCUT2D eigenvalue weighted by molar-refractivity contribution is 5.35. The number of halogens is 2. The fraction of sp³-hybridized carbons (Fsp3) is 0.500. The Morgan fingerprint density at radius 1 is 1.10 bits per heavy atom. The lowest BCUT2D eigenvalue weighted by molar-refractivity contribution is 0.183. The third-order valence-corrected chi connectivity index (χ3v) is 6.90. The normalized spacial score (nSPS) is 17.6. The van der Waals surface area contributed by atoms with Crippen molar-refractivity contribution in [2.24, 2.45) is 5.92 Å². The Hall–Kier alpha value is -2.25. The van der Waals surface area contributed by atoms with Gasteiger partial charge >= 0.3 is 0 Å². The van der Waals surface area contributed by atoms with Gasteiger partial charge in [0.1, 0.15) is 0 Å². The van der Waals surface area contributed by atoms with Gasteiger partial charge in [-0.25, -0.2) is 8.78 Å². The van der Waals surface area contributed by atoms with Gasteiger partial charge in [-0.15, -0.1) is 0 Å². The summed E-state index contributed by atoms with van der Waals surface area (Å²) in [5, 5.41) is 10.3. The van der Waals surface area contributed by atoms with Gasteiger partial charge in [-0.05, 0) is 68.3 Å². The van der Waals surface area contributed by atoms with Crippen LogP contribution in [0.4, 0.5) is 8.78 Å². The lowest BCUT2D eigenvalue weighted by Gasteiger charge is -2.36. The molecule has 2 aromatic rings. The van der Waals surface area contributed by atoms with Gasteiger partial charge in [-0.1, -0.05) is 56.2 Å². The van der Waals surface area contributed by atoms with Crippen molar-refractivity contribution in [1.82, 2.24) is 4.90 Å². The largest absolute Gasteiger partial charge is 0.297 e. The van der Waals surface area contributed by atoms with E-state index in [1.54, 1.807) is 6.07 Å². The molecule has 0 aliphatic heterocycles. The molecule has 0 bridgehead atoms. The zero-order valence-electron chi connectivity index (χ0n) is 18.1. The highest BCUT2D eigenvalue weighted by Crippen LogP contribution is 2.45. The van der Waals surface area contributed by atoms with Crippen LogP contribution in [0.15, 0.2) is 48.5 Å². The van der Waals surface area contributed by atoms with E-state index in [4.69, 9.17) is 0 Å². The molecule has 0 amide bonds. The molecule has 1 saturated carbocycles. The van der Waals surface area contributed by atoms with E-state index in [0.717, 1.165) is 45.2 Å². The van der Waals surface area contributed by atoms with Crippen LogP contribution in [-0.4, -0.2) is 17.5 Å². The second-order valence-corrected chi connectivity index (χ2v) is 8.63. The summed E-state index contributed by atoms with van der Waals surface area (Å²) in [4.78, 5) is 2.41. The summed E-state index contributed by atoms with van der Waals surface area (Å²) in [5.41, 5.74) is 1.15. The Morgan fingerprint density at radius 2 is 1.80 bits per heavy atom. The van der Waals surface area contributed by atoms with Crippen molar-refractivity contribution in [2.45, 2.75) is 70.4 Å². The number of nitrogens with zero attached hydrogens (tertiary/aromatic N) is 2. The molecule has 1 aliphatic carbocycles. The van der Waals surface area contributed by atoms with Gasteiger partial charge in [-0.2, -0.15) is 5.26 Å². The van der Waals surface area contributed by atoms with Crippen LogP contribution >= 0.6 is 0 Å². The Morgan fingerprint density at radius 3 is 2.40 bits per heavy atom. The zero-order chi connectivity index (χ0) is 21.6. The molecule has 2 nitrogen and oxygen atoms in total. The number of rotatable bonds is 9. The highest BCUT2D eigenvalue weighted by Gasteiger charge is 2.42. The Kier molecular flexibility index (Phi) is 7.61. The van der Waals surface area contributed by atoms with E-state index in [0.29, 0.717) is 12.0 Å². The average molecular weight is 411 g/mol. The van der Waals surface area contributed by atoms with Crippen LogP contribution in [0, 0.1) is 28.9 Å². The van der Waals surface area contributed by atoms with Gasteiger partial charge in [0.2, 0.25) is 0 Å². The summed E-state index contributed by atoms with van der Waals surface area (Å²) in [6, 6.07) is 17.3. The van der Waals surface area contributed by atoms with Crippen LogP contribution in [-0.2, 0) is 12.0 Å². The van der Waals surface area contributed by atoms with Crippen LogP contribution in [0.1, 0.15) is 63.5 Å². The second kappa shape index (κ2) is 10.2. The first-order valence-electron chi connectivity index (χ1n) is 11.1. The molecule has 3 rings (SSSR count). The molecule has 2 aromatic carbocycles. The summed E-state index contributed by atoms with van der Waals surface area (Å²) in [7, 11) is 0. The molecule has 2 atom stereocenters. The smallest absolute Gasteiger partial charge is 0.159 e. The topological polar surface area (TPSA) is 27.0 Å². The minimum Gasteiger partial charge on any atom is -0.297 e. The van der Waals surface area contributed by atoms with Crippen molar-refractivity contribution < 1.29 is 8.78 Å². The molecule has 1 fully saturated rings. The SMILES string of the molecule is CCN(Cc1ccccc1)C(C)CCC(C#N)(c1ccc(F)c(F)c1)C1CCCC1. The van der Waals surface area contributed by atoms with Gasteiger partial charge in [0.25, 0.3) is 0 Å². The van der Waals surface area contributed by atoms with Gasteiger partial charge in [0, 0.05) is 12.6 Å². The molecular formula is C26H32F2N2. The van der Waals surface area contributed by atoms with E-state index >= 15 is 0 Å². The molecular weight excluding hydrogens is 378 g/mol. The first-order valence-corrected chi connectivity index (χ1v) is 11.1. The monoisotopic (exact) mass is 410 g/mol. The van der Waals surface area contributed by atoms with Crippen molar-refractivity contribution in [1.29, 1.82) is 5.26 Å². The van der Waals surface area contributed by atoms with Crippen molar-refractivity contribution in [3.05, 3.63) is 71.3 Å². The lowest BCUT2D eigenvalue weighted by atomic mass is 9.67. The quantitative estimate of drug-likeness (QED) is 0.465. The summed E-state index contributed by atoms with van der Waals surface area (Å²) < 4.78 is 27.6. The summed E-state index contributed by atoms with van der Waals surface area (Å²) >= 11 is 0. The first-order chi connectivity index (χ1) is 14.5. The predicted octanol–water partition coefficient (Wildman–Crippen LogP) is 6.61. The summed E-state index contributed by atoms with van der Waals surface area (Å²) in [6.45, 7) is 6.15. The van der Waals surface area contributed by atoms with E-state index < -0.39 is 17.0 Å². The molecule has 2 unspecified atom stereocenters. The molecule has 0 spiro atoms. The fourth-order valence-corrected chi connectivity index (χ4v) is 5.00. The van der Waals surface area contributed by atoms with Crippen molar-refractivity contribution >= 4 is 0 Å². The van der Waals surface area contributed by atoms with Gasteiger partial charge in [0.05, 0.1) is 11.5 Å². The van der Waals surface area contributed by atoms with E-state index in [1.165, 1.54) is 17.7 Å². The van der Waals surface area contributed by atoms with Gasteiger partial charge in [0.15, 0.2) is 11.6 Å². The van der Waals surface area contributed by atoms with Crippen LogP contribution in [0.25, 0.3) is 0 Å². The van der Waals surface area contributed by atoms with Crippen molar-refractivity contribution in [3.63, 3.8) is 0 Å². The third-order valence-electron chi connectivity index (χ3n) is 6.90. The average Bonchev–Trinajstić information content (AvgIpc) is 3.31. The third kappa shape index (κ3) is 4.90. The molecule has 30 heavy (non-hydrogen) atoms. The van der Waals surface area contributed by atoms with Gasteiger partial charge in [-0.3, -0.25) is 4.90 Å². The maximum atomic E-state index is 14.1. The molecule has 0 saturated heterocycles. The number of benzene rings is 2. The molecule has 0 N–H and O–H groups in total. The Bertz CT molecular complexity index is 855. The highest BCUT2D eigenvalue weighted by atomic mass is 19.2. The molecule has 0 radical (unpaired) electrons. The fourth-order valence-electron chi connectivity index (χ4n) is 5.00. The predicted molar refractivity (Wildman–Crippen MR) is 117 cm³/mol. The van der Waals surface area contributed by atoms with E-state index in [-0.39, 0.29) is 12.0 Å². The Balaban J connectivity index is 1.80. The minimum absolute atomic E-state index is 0.198. The van der Waals surface area contributed by atoms with Crippen LogP contribution in [0.2, 0.25) is 0 Å². The lowest BCUT2D eigenvalue weighted by Crippen LogP contribution is -2.37. The summed E-state index contributed by atoms with van der Waals surface area (Å²) in [6.07, 6.45) is 5.64. The standard InChI is InChI=1S/C26H32F2N2/c1-3-30(18-21-9-5-4-6-10-21)20(2)15-16-26(19-29,22-11-7-8-12-22)23-13-14-24(27)25(28)17-23/h4-6,9-10,13-14,17,20,22H,3,7-8,11-12,15-16,18H2,1-2H3. The van der Waals surface area contributed by atoms with Crippen molar-refractivity contribution in [3.8, 4) is 6.07 Å². The van der Waals surface area contributed by atoms with Crippen LogP contribution in [0.3, 0.4) is 0 Å². The Labute approximate surface area is 179 Å². The molecule has 4 heteroatoms. The number of hydrogen-bond donors (Lipinski definition) is 0. The van der Waals surface area contributed by atoms with Crippen LogP contribution in [0.5, 0.6) is 0 Å². The molecule has 160 valence electrons. The first kappa shape index (κ1) is 22.4. The van der Waals surface area contributed by atoms with Crippen LogP contribution < -0.4 is 0 Å².